The molecule has 0 bridgehead atoms. The molecule has 1 aliphatic heterocycles. The average molecular weight is 362 g/mol. The van der Waals surface area contributed by atoms with Crippen LogP contribution in [0.5, 0.6) is 5.75 Å². The molecule has 7 heteroatoms. The van der Waals surface area contributed by atoms with Crippen molar-refractivity contribution in [1.29, 1.82) is 0 Å². The number of carbonyl (C=O) groups excluding carboxylic acids is 2. The standard InChI is InChI=1S/C20H18N4O3/c1-12-16(11-21-24(12)15-6-4-3-5-7-15)20(26)22-14-8-9-18-17(10-14)23-19(25)13(2)27-18/h3-11,13H,1-2H3,(H,22,26)(H,23,25). The van der Waals surface area contributed by atoms with E-state index in [1.807, 2.05) is 37.3 Å². The minimum absolute atomic E-state index is 0.217. The van der Waals surface area contributed by atoms with E-state index in [1.165, 1.54) is 0 Å². The maximum Gasteiger partial charge on any atom is 0.265 e. The SMILES string of the molecule is Cc1c(C(=O)Nc2ccc3c(c2)NC(=O)C(C)O3)cnn1-c1ccccc1. The van der Waals surface area contributed by atoms with E-state index in [2.05, 4.69) is 15.7 Å². The second-order valence-electron chi connectivity index (χ2n) is 6.31. The molecule has 2 N–H and O–H groups in total. The molecule has 0 saturated heterocycles. The predicted molar refractivity (Wildman–Crippen MR) is 101 cm³/mol. The topological polar surface area (TPSA) is 85.2 Å². The zero-order valence-electron chi connectivity index (χ0n) is 14.9. The van der Waals surface area contributed by atoms with Gasteiger partial charge in [0.1, 0.15) is 5.75 Å². The molecule has 7 nitrogen and oxygen atoms in total. The summed E-state index contributed by atoms with van der Waals surface area (Å²) in [7, 11) is 0. The summed E-state index contributed by atoms with van der Waals surface area (Å²) in [5.74, 6) is 0.0881. The molecular weight excluding hydrogens is 344 g/mol. The van der Waals surface area contributed by atoms with Gasteiger partial charge in [0.25, 0.3) is 11.8 Å². The van der Waals surface area contributed by atoms with Crippen molar-refractivity contribution < 1.29 is 14.3 Å². The Bertz CT molecular complexity index is 1030. The molecule has 1 atom stereocenters. The van der Waals surface area contributed by atoms with Crippen LogP contribution in [0.2, 0.25) is 0 Å². The van der Waals surface area contributed by atoms with Gasteiger partial charge in [-0.1, -0.05) is 18.2 Å². The normalized spacial score (nSPS) is 15.5. The summed E-state index contributed by atoms with van der Waals surface area (Å²) in [6.45, 7) is 3.53. The van der Waals surface area contributed by atoms with E-state index in [4.69, 9.17) is 4.74 Å². The molecule has 2 aromatic carbocycles. The van der Waals surface area contributed by atoms with Crippen molar-refractivity contribution in [3.63, 3.8) is 0 Å². The second-order valence-corrected chi connectivity index (χ2v) is 6.31. The molecule has 0 spiro atoms. The van der Waals surface area contributed by atoms with Crippen LogP contribution in [0.3, 0.4) is 0 Å². The molecule has 0 saturated carbocycles. The number of anilines is 2. The van der Waals surface area contributed by atoms with Crippen molar-refractivity contribution in [1.82, 2.24) is 9.78 Å². The van der Waals surface area contributed by atoms with Gasteiger partial charge in [0.2, 0.25) is 0 Å². The Kier molecular flexibility index (Phi) is 4.12. The van der Waals surface area contributed by atoms with Gasteiger partial charge in [0.05, 0.1) is 28.8 Å². The number of fused-ring (bicyclic) bond motifs is 1. The largest absolute Gasteiger partial charge is 0.479 e. The first-order valence-electron chi connectivity index (χ1n) is 8.56. The Hall–Kier alpha value is -3.61. The van der Waals surface area contributed by atoms with Crippen LogP contribution < -0.4 is 15.4 Å². The van der Waals surface area contributed by atoms with Gasteiger partial charge in [0, 0.05) is 5.69 Å². The summed E-state index contributed by atoms with van der Waals surface area (Å²) in [5.41, 5.74) is 3.20. The maximum absolute atomic E-state index is 12.7. The third kappa shape index (κ3) is 3.15. The number of carbonyl (C=O) groups is 2. The quantitative estimate of drug-likeness (QED) is 0.749. The van der Waals surface area contributed by atoms with Crippen molar-refractivity contribution in [2.45, 2.75) is 20.0 Å². The van der Waals surface area contributed by atoms with Crippen molar-refractivity contribution in [2.75, 3.05) is 10.6 Å². The van der Waals surface area contributed by atoms with Crippen LogP contribution in [-0.4, -0.2) is 27.7 Å². The lowest BCUT2D eigenvalue weighted by Gasteiger charge is -2.23. The van der Waals surface area contributed by atoms with Crippen molar-refractivity contribution in [3.8, 4) is 11.4 Å². The van der Waals surface area contributed by atoms with E-state index in [9.17, 15) is 9.59 Å². The van der Waals surface area contributed by atoms with Crippen LogP contribution in [0.1, 0.15) is 23.0 Å². The minimum Gasteiger partial charge on any atom is -0.479 e. The number of hydrogen-bond donors (Lipinski definition) is 2. The summed E-state index contributed by atoms with van der Waals surface area (Å²) in [6, 6.07) is 14.7. The summed E-state index contributed by atoms with van der Waals surface area (Å²) >= 11 is 0. The number of para-hydroxylation sites is 1. The summed E-state index contributed by atoms with van der Waals surface area (Å²) in [4.78, 5) is 24.4. The number of amides is 2. The summed E-state index contributed by atoms with van der Waals surface area (Å²) in [5, 5.41) is 9.93. The lowest BCUT2D eigenvalue weighted by Crippen LogP contribution is -2.34. The molecule has 2 heterocycles. The Labute approximate surface area is 156 Å². The highest BCUT2D eigenvalue weighted by molar-refractivity contribution is 6.06. The Morgan fingerprint density at radius 3 is 2.78 bits per heavy atom. The maximum atomic E-state index is 12.7. The fourth-order valence-corrected chi connectivity index (χ4v) is 2.95. The van der Waals surface area contributed by atoms with Gasteiger partial charge in [0.15, 0.2) is 6.10 Å². The Morgan fingerprint density at radius 2 is 2.00 bits per heavy atom. The first kappa shape index (κ1) is 16.8. The molecule has 136 valence electrons. The lowest BCUT2D eigenvalue weighted by molar-refractivity contribution is -0.122. The van der Waals surface area contributed by atoms with Crippen molar-refractivity contribution in [2.24, 2.45) is 0 Å². The number of benzene rings is 2. The van der Waals surface area contributed by atoms with Gasteiger partial charge in [-0.05, 0) is 44.2 Å². The van der Waals surface area contributed by atoms with Crippen molar-refractivity contribution >= 4 is 23.2 Å². The van der Waals surface area contributed by atoms with Gasteiger partial charge in [-0.15, -0.1) is 0 Å². The van der Waals surface area contributed by atoms with Gasteiger partial charge in [-0.3, -0.25) is 9.59 Å². The van der Waals surface area contributed by atoms with E-state index in [-0.39, 0.29) is 11.8 Å². The molecule has 1 unspecified atom stereocenters. The zero-order chi connectivity index (χ0) is 19.0. The number of rotatable bonds is 3. The Balaban J connectivity index is 1.56. The molecule has 0 aliphatic carbocycles. The van der Waals surface area contributed by atoms with E-state index in [0.717, 1.165) is 11.4 Å². The van der Waals surface area contributed by atoms with Crippen LogP contribution in [0.15, 0.2) is 54.7 Å². The van der Waals surface area contributed by atoms with Crippen molar-refractivity contribution in [3.05, 3.63) is 66.0 Å². The van der Waals surface area contributed by atoms with E-state index in [0.29, 0.717) is 22.7 Å². The van der Waals surface area contributed by atoms with E-state index >= 15 is 0 Å². The highest BCUT2D eigenvalue weighted by Gasteiger charge is 2.24. The third-order valence-electron chi connectivity index (χ3n) is 4.42. The minimum atomic E-state index is -0.538. The number of nitrogens with one attached hydrogen (secondary N) is 2. The molecule has 4 rings (SSSR count). The van der Waals surface area contributed by atoms with Gasteiger partial charge in [-0.2, -0.15) is 5.10 Å². The lowest BCUT2D eigenvalue weighted by atomic mass is 10.2. The third-order valence-corrected chi connectivity index (χ3v) is 4.42. The molecule has 1 aromatic heterocycles. The summed E-state index contributed by atoms with van der Waals surface area (Å²) < 4.78 is 7.24. The first-order chi connectivity index (χ1) is 13.0. The highest BCUT2D eigenvalue weighted by Crippen LogP contribution is 2.32. The zero-order valence-corrected chi connectivity index (χ0v) is 14.9. The Morgan fingerprint density at radius 1 is 1.22 bits per heavy atom. The van der Waals surface area contributed by atoms with Crippen LogP contribution in [0.25, 0.3) is 5.69 Å². The average Bonchev–Trinajstić information content (AvgIpc) is 3.05. The van der Waals surface area contributed by atoms with Gasteiger partial charge < -0.3 is 15.4 Å². The monoisotopic (exact) mass is 362 g/mol. The van der Waals surface area contributed by atoms with Gasteiger partial charge >= 0.3 is 0 Å². The predicted octanol–water partition coefficient (Wildman–Crippen LogP) is 3.15. The number of hydrogen-bond acceptors (Lipinski definition) is 4. The fraction of sp³-hybridized carbons (Fsp3) is 0.150. The van der Waals surface area contributed by atoms with Crippen LogP contribution in [0.4, 0.5) is 11.4 Å². The number of aromatic nitrogens is 2. The van der Waals surface area contributed by atoms with Crippen LogP contribution in [-0.2, 0) is 4.79 Å². The molecule has 2 amide bonds. The molecule has 0 radical (unpaired) electrons. The molecule has 27 heavy (non-hydrogen) atoms. The number of ether oxygens (including phenoxy) is 1. The van der Waals surface area contributed by atoms with E-state index < -0.39 is 6.10 Å². The summed E-state index contributed by atoms with van der Waals surface area (Å²) in [6.07, 6.45) is 1.01. The molecule has 0 fully saturated rings. The molecule has 1 aliphatic rings. The number of nitrogens with zero attached hydrogens (tertiary/aromatic N) is 2. The highest BCUT2D eigenvalue weighted by atomic mass is 16.5. The molecule has 3 aromatic rings. The van der Waals surface area contributed by atoms with Crippen LogP contribution in [0, 0.1) is 6.92 Å². The van der Waals surface area contributed by atoms with Gasteiger partial charge in [-0.25, -0.2) is 4.68 Å². The van der Waals surface area contributed by atoms with Crippen LogP contribution >= 0.6 is 0 Å². The van der Waals surface area contributed by atoms with E-state index in [1.54, 1.807) is 36.0 Å². The smallest absolute Gasteiger partial charge is 0.265 e. The second kappa shape index (κ2) is 6.60. The molecular formula is C20H18N4O3. The fourth-order valence-electron chi connectivity index (χ4n) is 2.95. The first-order valence-corrected chi connectivity index (χ1v) is 8.56.